The summed E-state index contributed by atoms with van der Waals surface area (Å²) >= 11 is 0. The van der Waals surface area contributed by atoms with Gasteiger partial charge in [0.05, 0.1) is 44.8 Å². The van der Waals surface area contributed by atoms with E-state index >= 15 is 0 Å². The van der Waals surface area contributed by atoms with Gasteiger partial charge >= 0.3 is 0 Å². The van der Waals surface area contributed by atoms with Crippen LogP contribution in [0.1, 0.15) is 105 Å². The molecule has 0 aliphatic heterocycles. The molecule has 358 valence electrons. The highest BCUT2D eigenvalue weighted by Crippen LogP contribution is 2.47. The molecule has 3 aromatic heterocycles. The van der Waals surface area contributed by atoms with E-state index in [1.807, 2.05) is 6.07 Å². The van der Waals surface area contributed by atoms with Gasteiger partial charge < -0.3 is 9.13 Å². The van der Waals surface area contributed by atoms with E-state index in [4.69, 9.17) is 9.97 Å². The summed E-state index contributed by atoms with van der Waals surface area (Å²) in [4.78, 5) is 10.8. The Morgan fingerprint density at radius 1 is 0.306 bits per heavy atom. The Bertz CT molecular complexity index is 3680. The molecule has 0 amide bonds. The van der Waals surface area contributed by atoms with Crippen LogP contribution in [0.3, 0.4) is 0 Å². The summed E-state index contributed by atoms with van der Waals surface area (Å²) in [7, 11) is 0. The van der Waals surface area contributed by atoms with Crippen LogP contribution in [0.5, 0.6) is 0 Å². The van der Waals surface area contributed by atoms with E-state index in [1.165, 1.54) is 65.9 Å². The number of hydrogen-bond donors (Lipinski definition) is 0. The van der Waals surface area contributed by atoms with Crippen molar-refractivity contribution in [1.29, 1.82) is 0 Å². The summed E-state index contributed by atoms with van der Waals surface area (Å²) in [6.45, 7) is 27.7. The van der Waals surface area contributed by atoms with Crippen molar-refractivity contribution in [3.8, 4) is 56.4 Å². The molecule has 0 N–H and O–H groups in total. The molecule has 0 saturated heterocycles. The summed E-state index contributed by atoms with van der Waals surface area (Å²) in [6.07, 6.45) is 0. The molecule has 0 aliphatic rings. The molecule has 4 nitrogen and oxygen atoms in total. The summed E-state index contributed by atoms with van der Waals surface area (Å²) in [5.41, 5.74) is 19.0. The molecule has 0 atom stereocenters. The van der Waals surface area contributed by atoms with Crippen molar-refractivity contribution in [3.05, 3.63) is 204 Å². The van der Waals surface area contributed by atoms with Crippen LogP contribution in [0.2, 0.25) is 0 Å². The van der Waals surface area contributed by atoms with Crippen LogP contribution in [0.25, 0.3) is 100 Å². The highest BCUT2D eigenvalue weighted by molar-refractivity contribution is 6.13. The van der Waals surface area contributed by atoms with Crippen LogP contribution in [0.15, 0.2) is 182 Å². The van der Waals surface area contributed by atoms with Gasteiger partial charge in [0.25, 0.3) is 0 Å². The normalized spacial score (nSPS) is 12.7. The number of nitrogens with zero attached hydrogens (tertiary/aromatic N) is 4. The average Bonchev–Trinajstić information content (AvgIpc) is 3.87. The lowest BCUT2D eigenvalue weighted by atomic mass is 9.85. The molecule has 0 aliphatic carbocycles. The molecule has 8 aromatic carbocycles. The largest absolute Gasteiger partial charge is 0.309 e. The topological polar surface area (TPSA) is 35.6 Å². The number of fused-ring (bicyclic) bond motifs is 6. The maximum Gasteiger partial charge on any atom is 0.160 e. The van der Waals surface area contributed by atoms with Gasteiger partial charge in [-0.1, -0.05) is 198 Å². The number of hydrogen-bond acceptors (Lipinski definition) is 2. The SMILES string of the molecule is CC(C)(C)c1ccc2c(c1)c1cc(C(C)(C)C)ccc1n2-c1ccccc1-c1c(-c2cc(-c3ccccc3)nc(-c3ccccc3)n2)cccc1-n1c2ccc(C(C)(C)C)cc2c2cc(C(C)(C)C)ccc21. The van der Waals surface area contributed by atoms with Crippen LogP contribution in [0.4, 0.5) is 0 Å². The second-order valence-electron chi connectivity index (χ2n) is 24.0. The second kappa shape index (κ2) is 17.1. The smallest absolute Gasteiger partial charge is 0.160 e. The van der Waals surface area contributed by atoms with Crippen LogP contribution < -0.4 is 0 Å². The van der Waals surface area contributed by atoms with Gasteiger partial charge in [-0.3, -0.25) is 0 Å². The first-order valence-electron chi connectivity index (χ1n) is 25.7. The number of rotatable bonds is 6. The molecule has 72 heavy (non-hydrogen) atoms. The van der Waals surface area contributed by atoms with Crippen molar-refractivity contribution in [2.45, 2.75) is 105 Å². The molecular weight excluding hydrogens is 873 g/mol. The van der Waals surface area contributed by atoms with Gasteiger partial charge in [0, 0.05) is 49.4 Å². The first-order valence-corrected chi connectivity index (χ1v) is 25.7. The van der Waals surface area contributed by atoms with Crippen LogP contribution in [-0.4, -0.2) is 19.1 Å². The Balaban J connectivity index is 1.29. The highest BCUT2D eigenvalue weighted by atomic mass is 15.0. The van der Waals surface area contributed by atoms with E-state index in [0.29, 0.717) is 5.82 Å². The lowest BCUT2D eigenvalue weighted by Crippen LogP contribution is -2.10. The number of benzene rings is 8. The zero-order chi connectivity index (χ0) is 50.5. The molecular formula is C68H66N4. The lowest BCUT2D eigenvalue weighted by molar-refractivity contribution is 0.590. The Labute approximate surface area is 426 Å². The van der Waals surface area contributed by atoms with Gasteiger partial charge in [0.2, 0.25) is 0 Å². The quantitative estimate of drug-likeness (QED) is 0.167. The minimum Gasteiger partial charge on any atom is -0.309 e. The Morgan fingerprint density at radius 3 is 1.11 bits per heavy atom. The summed E-state index contributed by atoms with van der Waals surface area (Å²) in [6, 6.07) is 67.4. The van der Waals surface area contributed by atoms with Gasteiger partial charge in [-0.2, -0.15) is 0 Å². The number of aromatic nitrogens is 4. The van der Waals surface area contributed by atoms with Gasteiger partial charge in [0.15, 0.2) is 5.82 Å². The monoisotopic (exact) mass is 939 g/mol. The number of para-hydroxylation sites is 1. The zero-order valence-corrected chi connectivity index (χ0v) is 44.1. The molecule has 0 unspecified atom stereocenters. The van der Waals surface area contributed by atoms with E-state index in [-0.39, 0.29) is 21.7 Å². The van der Waals surface area contributed by atoms with Crippen molar-refractivity contribution in [1.82, 2.24) is 19.1 Å². The Morgan fingerprint density at radius 2 is 0.667 bits per heavy atom. The minimum absolute atomic E-state index is 0.0195. The Kier molecular flexibility index (Phi) is 11.1. The molecule has 11 aromatic rings. The first kappa shape index (κ1) is 46.8. The lowest BCUT2D eigenvalue weighted by Gasteiger charge is -2.23. The third kappa shape index (κ3) is 8.21. The van der Waals surface area contributed by atoms with E-state index in [2.05, 4.69) is 268 Å². The third-order valence-corrected chi connectivity index (χ3v) is 14.8. The fourth-order valence-electron chi connectivity index (χ4n) is 10.6. The standard InChI is InChI=1S/C68H66N4/c1-65(2,3)45-30-34-58-51(38-45)52-39-46(66(4,5)6)31-35-59(52)71(58)57-28-20-19-26-50(57)63-49(56-42-55(43-22-15-13-16-23-43)69-64(70-56)44-24-17-14-18-25-44)27-21-29-62(63)72-60-36-32-47(67(7,8)9)40-53(60)54-41-48(68(10,11)12)33-37-61(54)72/h13-42H,1-12H3. The van der Waals surface area contributed by atoms with E-state index in [9.17, 15) is 0 Å². The predicted molar refractivity (Wildman–Crippen MR) is 307 cm³/mol. The summed E-state index contributed by atoms with van der Waals surface area (Å²) in [5.74, 6) is 0.685. The maximum absolute atomic E-state index is 5.54. The molecule has 0 fully saturated rings. The zero-order valence-electron chi connectivity index (χ0n) is 44.1. The third-order valence-electron chi connectivity index (χ3n) is 14.8. The fourth-order valence-corrected chi connectivity index (χ4v) is 10.6. The summed E-state index contributed by atoms with van der Waals surface area (Å²) < 4.78 is 5.04. The first-order chi connectivity index (χ1) is 34.2. The molecule has 3 heterocycles. The van der Waals surface area contributed by atoms with Gasteiger partial charge in [-0.25, -0.2) is 9.97 Å². The molecule has 0 spiro atoms. The van der Waals surface area contributed by atoms with E-state index in [0.717, 1.165) is 50.6 Å². The minimum atomic E-state index is -0.0300. The van der Waals surface area contributed by atoms with Crippen molar-refractivity contribution in [2.75, 3.05) is 0 Å². The predicted octanol–water partition coefficient (Wildman–Crippen LogP) is 18.5. The van der Waals surface area contributed by atoms with Gasteiger partial charge in [-0.05, 0) is 111 Å². The van der Waals surface area contributed by atoms with Crippen molar-refractivity contribution in [3.63, 3.8) is 0 Å². The molecule has 4 heteroatoms. The fraction of sp³-hybridized carbons (Fsp3) is 0.235. The summed E-state index contributed by atoms with van der Waals surface area (Å²) in [5, 5.41) is 5.02. The van der Waals surface area contributed by atoms with Crippen LogP contribution >= 0.6 is 0 Å². The second-order valence-corrected chi connectivity index (χ2v) is 24.0. The van der Waals surface area contributed by atoms with Gasteiger partial charge in [-0.15, -0.1) is 0 Å². The van der Waals surface area contributed by atoms with Crippen molar-refractivity contribution < 1.29 is 0 Å². The maximum atomic E-state index is 5.54. The van der Waals surface area contributed by atoms with Crippen LogP contribution in [-0.2, 0) is 21.7 Å². The molecule has 11 rings (SSSR count). The van der Waals surface area contributed by atoms with E-state index < -0.39 is 0 Å². The van der Waals surface area contributed by atoms with Crippen molar-refractivity contribution >= 4 is 43.6 Å². The highest BCUT2D eigenvalue weighted by Gasteiger charge is 2.27. The Hall–Kier alpha value is -7.56. The van der Waals surface area contributed by atoms with Gasteiger partial charge in [0.1, 0.15) is 0 Å². The van der Waals surface area contributed by atoms with Crippen molar-refractivity contribution in [2.24, 2.45) is 0 Å². The van der Waals surface area contributed by atoms with Crippen LogP contribution in [0, 0.1) is 0 Å². The molecule has 0 saturated carbocycles. The van der Waals surface area contributed by atoms with E-state index in [1.54, 1.807) is 0 Å². The average molecular weight is 939 g/mol. The molecule has 0 bridgehead atoms. The molecule has 0 radical (unpaired) electrons.